The van der Waals surface area contributed by atoms with Gasteiger partial charge in [0.15, 0.2) is 5.56 Å². The van der Waals surface area contributed by atoms with Crippen LogP contribution in [0, 0.1) is 0 Å². The zero-order chi connectivity index (χ0) is 7.11. The smallest absolute Gasteiger partial charge is 0.168 e. The Bertz CT molecular complexity index is 97.1. The molecule has 0 N–H and O–H groups in total. The summed E-state index contributed by atoms with van der Waals surface area (Å²) in [6.45, 7) is 5.30. The average Bonchev–Trinajstić information content (AvgIpc) is 1.80. The second-order valence-electron chi connectivity index (χ2n) is 1.58. The van der Waals surface area contributed by atoms with Crippen molar-refractivity contribution in [3.63, 3.8) is 0 Å². The van der Waals surface area contributed by atoms with Gasteiger partial charge in [0, 0.05) is 0 Å². The lowest BCUT2D eigenvalue weighted by molar-refractivity contribution is 0.232. The van der Waals surface area contributed by atoms with Crippen LogP contribution in [0.4, 0.5) is 0 Å². The molecule has 0 bridgehead atoms. The summed E-state index contributed by atoms with van der Waals surface area (Å²) in [5.74, 6) is 0. The van der Waals surface area contributed by atoms with Crippen LogP contribution in [0.2, 0.25) is 0 Å². The molecule has 1 unspecified atom stereocenters. The summed E-state index contributed by atoms with van der Waals surface area (Å²) in [6.07, 6.45) is 6.05. The number of hydrogen-bond acceptors (Lipinski definition) is 1. The molecule has 2 heteroatoms. The van der Waals surface area contributed by atoms with E-state index >= 15 is 0 Å². The van der Waals surface area contributed by atoms with Crippen LogP contribution in [0.25, 0.3) is 0 Å². The molecule has 0 saturated carbocycles. The molecule has 0 aromatic carbocycles. The van der Waals surface area contributed by atoms with Gasteiger partial charge < -0.3 is 4.74 Å². The van der Waals surface area contributed by atoms with Gasteiger partial charge in [-0.05, 0) is 19.4 Å². The van der Waals surface area contributed by atoms with E-state index in [0.29, 0.717) is 0 Å². The van der Waals surface area contributed by atoms with E-state index < -0.39 is 0 Å². The third-order valence-corrected chi connectivity index (χ3v) is 0.768. The number of ether oxygens (including phenoxy) is 1. The third-order valence-electron chi connectivity index (χ3n) is 0.665. The minimum atomic E-state index is -0.244. The largest absolute Gasteiger partial charge is 0.483 e. The Kier molecular flexibility index (Phi) is 5.43. The molecule has 0 amide bonds. The molecule has 0 spiro atoms. The molecular weight excluding hydrogens is 136 g/mol. The van der Waals surface area contributed by atoms with Crippen LogP contribution < -0.4 is 0 Å². The highest BCUT2D eigenvalue weighted by molar-refractivity contribution is 6.19. The van der Waals surface area contributed by atoms with Gasteiger partial charge in [0.05, 0.1) is 6.26 Å². The molecule has 0 aliphatic carbocycles. The summed E-state index contributed by atoms with van der Waals surface area (Å²) in [5.41, 5.74) is -0.244. The molecule has 9 heavy (non-hydrogen) atoms. The summed E-state index contributed by atoms with van der Waals surface area (Å²) in [7, 11) is 0. The van der Waals surface area contributed by atoms with Crippen molar-refractivity contribution in [2.75, 3.05) is 0 Å². The maximum Gasteiger partial charge on any atom is 0.168 e. The van der Waals surface area contributed by atoms with Crippen LogP contribution in [0.1, 0.15) is 13.3 Å². The first-order valence-electron chi connectivity index (χ1n) is 2.83. The summed E-state index contributed by atoms with van der Waals surface area (Å²) in [5, 5.41) is 0. The summed E-state index contributed by atoms with van der Waals surface area (Å²) >= 11 is 5.46. The highest BCUT2D eigenvalue weighted by Gasteiger charge is 1.86. The van der Waals surface area contributed by atoms with Gasteiger partial charge in [0.2, 0.25) is 0 Å². The Morgan fingerprint density at radius 3 is 2.89 bits per heavy atom. The molecule has 1 nitrogen and oxygen atoms in total. The summed E-state index contributed by atoms with van der Waals surface area (Å²) in [6, 6.07) is 0. The SMILES string of the molecule is C=CC/C=C\OC(C)Cl. The van der Waals surface area contributed by atoms with E-state index in [2.05, 4.69) is 6.58 Å². The van der Waals surface area contributed by atoms with Gasteiger partial charge in [0.1, 0.15) is 0 Å². The molecule has 0 rings (SSSR count). The fraction of sp³-hybridized carbons (Fsp3) is 0.429. The van der Waals surface area contributed by atoms with Gasteiger partial charge in [-0.25, -0.2) is 0 Å². The quantitative estimate of drug-likeness (QED) is 0.337. The normalized spacial score (nSPS) is 13.6. The predicted molar refractivity (Wildman–Crippen MR) is 40.4 cm³/mol. The van der Waals surface area contributed by atoms with Gasteiger partial charge in [0.25, 0.3) is 0 Å². The Morgan fingerprint density at radius 2 is 2.44 bits per heavy atom. The Balaban J connectivity index is 3.14. The van der Waals surface area contributed by atoms with Crippen LogP contribution in [0.5, 0.6) is 0 Å². The van der Waals surface area contributed by atoms with E-state index in [1.165, 1.54) is 0 Å². The monoisotopic (exact) mass is 146 g/mol. The zero-order valence-corrected chi connectivity index (χ0v) is 6.27. The number of rotatable bonds is 4. The fourth-order valence-electron chi connectivity index (χ4n) is 0.316. The molecule has 0 saturated heterocycles. The molecule has 52 valence electrons. The molecule has 0 aliphatic rings. The zero-order valence-electron chi connectivity index (χ0n) is 5.51. The van der Waals surface area contributed by atoms with E-state index in [1.807, 2.05) is 6.08 Å². The van der Waals surface area contributed by atoms with E-state index in [1.54, 1.807) is 19.3 Å². The summed E-state index contributed by atoms with van der Waals surface area (Å²) in [4.78, 5) is 0. The topological polar surface area (TPSA) is 9.23 Å². The van der Waals surface area contributed by atoms with E-state index in [9.17, 15) is 0 Å². The van der Waals surface area contributed by atoms with Crippen molar-refractivity contribution in [3.8, 4) is 0 Å². The number of hydrogen-bond donors (Lipinski definition) is 0. The van der Waals surface area contributed by atoms with Gasteiger partial charge >= 0.3 is 0 Å². The van der Waals surface area contributed by atoms with Crippen molar-refractivity contribution in [3.05, 3.63) is 25.0 Å². The van der Waals surface area contributed by atoms with Crippen molar-refractivity contribution < 1.29 is 4.74 Å². The first-order valence-corrected chi connectivity index (χ1v) is 3.26. The van der Waals surface area contributed by atoms with Crippen molar-refractivity contribution in [1.29, 1.82) is 0 Å². The maximum absolute atomic E-state index is 5.46. The first-order chi connectivity index (χ1) is 4.27. The molecule has 0 aromatic heterocycles. The van der Waals surface area contributed by atoms with Crippen LogP contribution in [0.15, 0.2) is 25.0 Å². The molecule has 1 atom stereocenters. The second-order valence-corrected chi connectivity index (χ2v) is 2.19. The fourth-order valence-corrected chi connectivity index (χ4v) is 0.375. The second kappa shape index (κ2) is 5.70. The van der Waals surface area contributed by atoms with Gasteiger partial charge in [-0.1, -0.05) is 17.7 Å². The third kappa shape index (κ3) is 7.57. The molecule has 0 fully saturated rings. The molecule has 0 heterocycles. The average molecular weight is 147 g/mol. The van der Waals surface area contributed by atoms with Crippen molar-refractivity contribution in [1.82, 2.24) is 0 Å². The summed E-state index contributed by atoms with van der Waals surface area (Å²) < 4.78 is 4.88. The van der Waals surface area contributed by atoms with Crippen LogP contribution >= 0.6 is 11.6 Å². The molecular formula is C7H11ClO. The molecule has 0 aromatic rings. The number of alkyl halides is 1. The van der Waals surface area contributed by atoms with Crippen molar-refractivity contribution in [2.45, 2.75) is 18.9 Å². The highest BCUT2D eigenvalue weighted by Crippen LogP contribution is 1.96. The minimum absolute atomic E-state index is 0.244. The number of allylic oxidation sites excluding steroid dienone is 2. The van der Waals surface area contributed by atoms with Gasteiger partial charge in [-0.3, -0.25) is 0 Å². The lowest BCUT2D eigenvalue weighted by Crippen LogP contribution is -1.89. The Labute approximate surface area is 61.0 Å². The minimum Gasteiger partial charge on any atom is -0.483 e. The number of halogens is 1. The molecule has 0 radical (unpaired) electrons. The van der Waals surface area contributed by atoms with Crippen molar-refractivity contribution in [2.24, 2.45) is 0 Å². The lowest BCUT2D eigenvalue weighted by Gasteiger charge is -1.98. The van der Waals surface area contributed by atoms with Crippen molar-refractivity contribution >= 4 is 11.6 Å². The maximum atomic E-state index is 5.46. The standard InChI is InChI=1S/C7H11ClO/c1-3-4-5-6-9-7(2)8/h3,5-7H,1,4H2,2H3/b6-5-. The van der Waals surface area contributed by atoms with E-state index in [0.717, 1.165) is 6.42 Å². The van der Waals surface area contributed by atoms with E-state index in [4.69, 9.17) is 16.3 Å². The Morgan fingerprint density at radius 1 is 1.78 bits per heavy atom. The molecule has 0 aliphatic heterocycles. The van der Waals surface area contributed by atoms with Crippen LogP contribution in [0.3, 0.4) is 0 Å². The lowest BCUT2D eigenvalue weighted by atomic mass is 10.4. The van der Waals surface area contributed by atoms with E-state index in [-0.39, 0.29) is 5.56 Å². The Hall–Kier alpha value is -0.430. The van der Waals surface area contributed by atoms with Crippen LogP contribution in [-0.2, 0) is 4.74 Å². The van der Waals surface area contributed by atoms with Gasteiger partial charge in [-0.2, -0.15) is 0 Å². The predicted octanol–water partition coefficient (Wildman–Crippen LogP) is 2.68. The first kappa shape index (κ1) is 8.57. The highest BCUT2D eigenvalue weighted by atomic mass is 35.5. The van der Waals surface area contributed by atoms with Crippen LogP contribution in [-0.4, -0.2) is 5.56 Å². The van der Waals surface area contributed by atoms with Gasteiger partial charge in [-0.15, -0.1) is 6.58 Å².